The highest BCUT2D eigenvalue weighted by Crippen LogP contribution is 2.38. The van der Waals surface area contributed by atoms with Crippen molar-refractivity contribution in [2.24, 2.45) is 5.92 Å². The van der Waals surface area contributed by atoms with Gasteiger partial charge in [-0.2, -0.15) is 5.26 Å². The van der Waals surface area contributed by atoms with Crippen molar-refractivity contribution in [3.05, 3.63) is 10.4 Å². The van der Waals surface area contributed by atoms with E-state index >= 15 is 0 Å². The summed E-state index contributed by atoms with van der Waals surface area (Å²) in [6.07, 6.45) is 0. The number of nitrogens with two attached hydrogens (primary N) is 1. The summed E-state index contributed by atoms with van der Waals surface area (Å²) in [6, 6.07) is 2.00. The summed E-state index contributed by atoms with van der Waals surface area (Å²) < 4.78 is 4.72. The minimum atomic E-state index is -0.504. The van der Waals surface area contributed by atoms with E-state index in [2.05, 4.69) is 13.8 Å². The molecule has 6 heteroatoms. The maximum Gasteiger partial charge on any atom is 0.343 e. The van der Waals surface area contributed by atoms with Crippen molar-refractivity contribution in [3.63, 3.8) is 0 Å². The van der Waals surface area contributed by atoms with Gasteiger partial charge >= 0.3 is 5.97 Å². The van der Waals surface area contributed by atoms with Crippen molar-refractivity contribution in [2.45, 2.75) is 13.8 Å². The Balaban J connectivity index is 3.26. The quantitative estimate of drug-likeness (QED) is 0.845. The van der Waals surface area contributed by atoms with Crippen LogP contribution in [0.1, 0.15) is 29.1 Å². The van der Waals surface area contributed by atoms with Crippen molar-refractivity contribution >= 4 is 28.0 Å². The van der Waals surface area contributed by atoms with Crippen molar-refractivity contribution in [1.82, 2.24) is 0 Å². The van der Waals surface area contributed by atoms with Crippen LogP contribution in [0.2, 0.25) is 0 Å². The monoisotopic (exact) mass is 267 g/mol. The number of hydrogen-bond acceptors (Lipinski definition) is 6. The van der Waals surface area contributed by atoms with Crippen LogP contribution in [0, 0.1) is 17.2 Å². The fourth-order valence-electron chi connectivity index (χ4n) is 1.71. The third-order valence-corrected chi connectivity index (χ3v) is 3.63. The minimum Gasteiger partial charge on any atom is -0.465 e. The first-order valence-corrected chi connectivity index (χ1v) is 6.35. The molecule has 0 radical (unpaired) electrons. The molecule has 1 aromatic heterocycles. The number of methoxy groups -OCH3 is 1. The highest BCUT2D eigenvalue weighted by Gasteiger charge is 2.25. The van der Waals surface area contributed by atoms with Gasteiger partial charge in [0.15, 0.2) is 0 Å². The van der Waals surface area contributed by atoms with Crippen molar-refractivity contribution < 1.29 is 9.53 Å². The fraction of sp³-hybridized carbons (Fsp3) is 0.500. The number of esters is 1. The normalized spacial score (nSPS) is 10.2. The molecule has 5 nitrogen and oxygen atoms in total. The summed E-state index contributed by atoms with van der Waals surface area (Å²) in [6.45, 7) is 4.93. The Bertz CT molecular complexity index is 488. The SMILES string of the molecule is COC(=O)c1c(N(C)CC(C)C)sc(C#N)c1N. The van der Waals surface area contributed by atoms with Gasteiger partial charge in [0.1, 0.15) is 21.5 Å². The van der Waals surface area contributed by atoms with Crippen LogP contribution < -0.4 is 10.6 Å². The Morgan fingerprint density at radius 1 is 1.61 bits per heavy atom. The Kier molecular flexibility index (Phi) is 4.56. The van der Waals surface area contributed by atoms with Gasteiger partial charge in [-0.05, 0) is 5.92 Å². The van der Waals surface area contributed by atoms with Gasteiger partial charge < -0.3 is 15.4 Å². The highest BCUT2D eigenvalue weighted by molar-refractivity contribution is 7.17. The first kappa shape index (κ1) is 14.3. The Morgan fingerprint density at radius 3 is 2.67 bits per heavy atom. The van der Waals surface area contributed by atoms with Gasteiger partial charge in [0.05, 0.1) is 12.8 Å². The largest absolute Gasteiger partial charge is 0.465 e. The molecule has 0 amide bonds. The maximum absolute atomic E-state index is 11.7. The second kappa shape index (κ2) is 5.74. The summed E-state index contributed by atoms with van der Waals surface area (Å²) in [5, 5.41) is 9.67. The van der Waals surface area contributed by atoms with Crippen molar-refractivity contribution in [3.8, 4) is 6.07 Å². The standard InChI is InChI=1S/C12H17N3O2S/c1-7(2)6-15(3)11-9(12(16)17-4)10(14)8(5-13)18-11/h7H,6,14H2,1-4H3. The average Bonchev–Trinajstić information content (AvgIpc) is 2.64. The molecule has 2 N–H and O–H groups in total. The molecule has 0 atom stereocenters. The first-order chi connectivity index (χ1) is 8.42. The van der Waals surface area contributed by atoms with Crippen LogP contribution in [-0.2, 0) is 4.74 Å². The number of carbonyl (C=O) groups is 1. The predicted octanol–water partition coefficient (Wildman–Crippen LogP) is 2.08. The summed E-state index contributed by atoms with van der Waals surface area (Å²) in [5.74, 6) is -0.0646. The van der Waals surface area contributed by atoms with Gasteiger partial charge in [0.2, 0.25) is 0 Å². The summed E-state index contributed by atoms with van der Waals surface area (Å²) >= 11 is 1.22. The molecule has 0 spiro atoms. The number of hydrogen-bond donors (Lipinski definition) is 1. The molecular weight excluding hydrogens is 250 g/mol. The molecule has 0 fully saturated rings. The van der Waals surface area contributed by atoms with E-state index < -0.39 is 5.97 Å². The lowest BCUT2D eigenvalue weighted by Gasteiger charge is -2.20. The van der Waals surface area contributed by atoms with E-state index in [4.69, 9.17) is 15.7 Å². The van der Waals surface area contributed by atoms with Crippen molar-refractivity contribution in [2.75, 3.05) is 31.3 Å². The van der Waals surface area contributed by atoms with E-state index in [1.165, 1.54) is 18.4 Å². The lowest BCUT2D eigenvalue weighted by atomic mass is 10.2. The van der Waals surface area contributed by atoms with Crippen molar-refractivity contribution in [1.29, 1.82) is 5.26 Å². The molecule has 0 aliphatic carbocycles. The smallest absolute Gasteiger partial charge is 0.343 e. The van der Waals surface area contributed by atoms with E-state index in [1.54, 1.807) is 0 Å². The number of thiophene rings is 1. The molecule has 0 bridgehead atoms. The fourth-order valence-corrected chi connectivity index (χ4v) is 2.69. The van der Waals surface area contributed by atoms with Gasteiger partial charge in [-0.25, -0.2) is 4.79 Å². The molecule has 1 rings (SSSR count). The minimum absolute atomic E-state index is 0.208. The molecule has 98 valence electrons. The van der Waals surface area contributed by atoms with Crippen LogP contribution in [0.3, 0.4) is 0 Å². The number of ether oxygens (including phenoxy) is 1. The van der Waals surface area contributed by atoms with E-state index in [9.17, 15) is 4.79 Å². The summed E-state index contributed by atoms with van der Waals surface area (Å²) in [4.78, 5) is 14.0. The molecule has 1 heterocycles. The number of nitrogen functional groups attached to an aromatic ring is 1. The van der Waals surface area contributed by atoms with E-state index in [0.717, 1.165) is 6.54 Å². The van der Waals surface area contributed by atoms with Crippen LogP contribution >= 0.6 is 11.3 Å². The van der Waals surface area contributed by atoms with Gasteiger partial charge in [-0.1, -0.05) is 13.8 Å². The second-order valence-corrected chi connectivity index (χ2v) is 5.40. The van der Waals surface area contributed by atoms with Crippen LogP contribution in [0.15, 0.2) is 0 Å². The third-order valence-electron chi connectivity index (χ3n) is 2.40. The zero-order chi connectivity index (χ0) is 13.9. The Labute approximate surface area is 111 Å². The second-order valence-electron chi connectivity index (χ2n) is 4.40. The summed E-state index contributed by atoms with van der Waals surface area (Å²) in [7, 11) is 3.18. The summed E-state index contributed by atoms with van der Waals surface area (Å²) in [5.41, 5.74) is 6.32. The van der Waals surface area contributed by atoms with Crippen LogP contribution in [0.25, 0.3) is 0 Å². The molecule has 0 aromatic carbocycles. The predicted molar refractivity (Wildman–Crippen MR) is 72.9 cm³/mol. The number of carbonyl (C=O) groups excluding carboxylic acids is 1. The zero-order valence-electron chi connectivity index (χ0n) is 11.0. The third kappa shape index (κ3) is 2.74. The molecule has 18 heavy (non-hydrogen) atoms. The number of nitriles is 1. The number of rotatable bonds is 4. The molecule has 0 aliphatic heterocycles. The zero-order valence-corrected chi connectivity index (χ0v) is 11.8. The molecule has 0 unspecified atom stereocenters. The van der Waals surface area contributed by atoms with Gasteiger partial charge in [0, 0.05) is 13.6 Å². The highest BCUT2D eigenvalue weighted by atomic mass is 32.1. The van der Waals surface area contributed by atoms with Crippen LogP contribution in [0.5, 0.6) is 0 Å². The molecular formula is C12H17N3O2S. The lowest BCUT2D eigenvalue weighted by Crippen LogP contribution is -2.23. The van der Waals surface area contributed by atoms with E-state index in [-0.39, 0.29) is 5.69 Å². The molecule has 0 saturated heterocycles. The van der Waals surface area contributed by atoms with Gasteiger partial charge in [-0.3, -0.25) is 0 Å². The Hall–Kier alpha value is -1.74. The topological polar surface area (TPSA) is 79.3 Å². The maximum atomic E-state index is 11.7. The number of anilines is 2. The number of nitrogens with zero attached hydrogens (tertiary/aromatic N) is 2. The Morgan fingerprint density at radius 2 is 2.22 bits per heavy atom. The first-order valence-electron chi connectivity index (χ1n) is 5.54. The molecule has 0 saturated carbocycles. The lowest BCUT2D eigenvalue weighted by molar-refractivity contribution is 0.0603. The average molecular weight is 267 g/mol. The van der Waals surface area contributed by atoms with E-state index in [0.29, 0.717) is 21.4 Å². The van der Waals surface area contributed by atoms with Crippen LogP contribution in [0.4, 0.5) is 10.7 Å². The van der Waals surface area contributed by atoms with Gasteiger partial charge in [-0.15, -0.1) is 11.3 Å². The van der Waals surface area contributed by atoms with Crippen LogP contribution in [-0.4, -0.2) is 26.7 Å². The van der Waals surface area contributed by atoms with E-state index in [1.807, 2.05) is 18.0 Å². The van der Waals surface area contributed by atoms with Gasteiger partial charge in [0.25, 0.3) is 0 Å². The molecule has 1 aromatic rings. The molecule has 0 aliphatic rings.